The Kier molecular flexibility index (Phi) is 4.25. The lowest BCUT2D eigenvalue weighted by atomic mass is 9.78. The Morgan fingerprint density at radius 1 is 1.37 bits per heavy atom. The Morgan fingerprint density at radius 3 is 2.42 bits per heavy atom. The van der Waals surface area contributed by atoms with Gasteiger partial charge in [0.05, 0.1) is 15.8 Å². The molecule has 0 amide bonds. The van der Waals surface area contributed by atoms with Crippen LogP contribution in [0.15, 0.2) is 12.1 Å². The summed E-state index contributed by atoms with van der Waals surface area (Å²) >= 11 is 7.57. The summed E-state index contributed by atoms with van der Waals surface area (Å²) in [6, 6.07) is 6.48. The molecule has 1 aromatic rings. The molecule has 0 unspecified atom stereocenters. The average Bonchev–Trinajstić information content (AvgIpc) is 2.76. The number of thiophene rings is 1. The fraction of sp³-hybridized carbons (Fsp3) is 0.667. The predicted molar refractivity (Wildman–Crippen MR) is 81.7 cm³/mol. The molecule has 1 aromatic heterocycles. The number of likely N-dealkylation sites (tertiary alicyclic amines) is 1. The summed E-state index contributed by atoms with van der Waals surface area (Å²) in [5, 5.41) is 9.62. The van der Waals surface area contributed by atoms with Gasteiger partial charge in [-0.1, -0.05) is 32.4 Å². The highest BCUT2D eigenvalue weighted by atomic mass is 35.5. The second kappa shape index (κ2) is 5.44. The minimum absolute atomic E-state index is 0.313. The first-order chi connectivity index (χ1) is 8.85. The van der Waals surface area contributed by atoms with Crippen molar-refractivity contribution in [3.8, 4) is 6.07 Å². The molecule has 1 aliphatic rings. The van der Waals surface area contributed by atoms with Gasteiger partial charge in [0.1, 0.15) is 0 Å². The van der Waals surface area contributed by atoms with Gasteiger partial charge in [-0.05, 0) is 30.4 Å². The van der Waals surface area contributed by atoms with E-state index in [1.165, 1.54) is 0 Å². The van der Waals surface area contributed by atoms with Crippen LogP contribution in [-0.2, 0) is 5.41 Å². The number of halogens is 1. The maximum Gasteiger partial charge on any atom is 0.0939 e. The number of hydrogen-bond acceptors (Lipinski definition) is 3. The Morgan fingerprint density at radius 2 is 2.00 bits per heavy atom. The van der Waals surface area contributed by atoms with Crippen LogP contribution in [0.3, 0.4) is 0 Å². The van der Waals surface area contributed by atoms with Crippen molar-refractivity contribution in [2.75, 3.05) is 19.6 Å². The van der Waals surface area contributed by atoms with E-state index >= 15 is 0 Å². The highest BCUT2D eigenvalue weighted by Crippen LogP contribution is 2.40. The molecule has 0 N–H and O–H groups in total. The van der Waals surface area contributed by atoms with Crippen LogP contribution in [0, 0.1) is 16.7 Å². The molecule has 2 nitrogen and oxygen atoms in total. The van der Waals surface area contributed by atoms with Crippen LogP contribution in [0.1, 0.15) is 38.5 Å². The van der Waals surface area contributed by atoms with Gasteiger partial charge in [-0.2, -0.15) is 5.26 Å². The molecule has 0 spiro atoms. The van der Waals surface area contributed by atoms with Crippen molar-refractivity contribution in [2.45, 2.75) is 39.0 Å². The van der Waals surface area contributed by atoms with Gasteiger partial charge in [-0.15, -0.1) is 11.3 Å². The Balaban J connectivity index is 2.06. The fourth-order valence-electron chi connectivity index (χ4n) is 2.75. The molecule has 1 aliphatic heterocycles. The maximum absolute atomic E-state index is 9.62. The molecular formula is C15H21ClN2S. The van der Waals surface area contributed by atoms with E-state index in [0.717, 1.165) is 41.7 Å². The molecule has 0 aromatic carbocycles. The molecule has 0 atom stereocenters. The summed E-state index contributed by atoms with van der Waals surface area (Å²) in [7, 11) is 0. The van der Waals surface area contributed by atoms with E-state index in [4.69, 9.17) is 11.6 Å². The molecule has 0 saturated carbocycles. The zero-order valence-corrected chi connectivity index (χ0v) is 13.4. The van der Waals surface area contributed by atoms with Crippen LogP contribution >= 0.6 is 22.9 Å². The SMILES string of the molecule is CC(C)(C)CN1CCC(C#N)(c2ccc(Cl)s2)CC1. The van der Waals surface area contributed by atoms with E-state index in [-0.39, 0.29) is 5.41 Å². The largest absolute Gasteiger partial charge is 0.303 e. The van der Waals surface area contributed by atoms with Gasteiger partial charge in [0.25, 0.3) is 0 Å². The van der Waals surface area contributed by atoms with Crippen molar-refractivity contribution >= 4 is 22.9 Å². The van der Waals surface area contributed by atoms with Gasteiger partial charge in [0.2, 0.25) is 0 Å². The van der Waals surface area contributed by atoms with Crippen LogP contribution < -0.4 is 0 Å². The van der Waals surface area contributed by atoms with Crippen LogP contribution in [0.4, 0.5) is 0 Å². The lowest BCUT2D eigenvalue weighted by Gasteiger charge is -2.39. The quantitative estimate of drug-likeness (QED) is 0.813. The molecule has 0 bridgehead atoms. The first-order valence-corrected chi connectivity index (χ1v) is 7.94. The van der Waals surface area contributed by atoms with Gasteiger partial charge in [-0.25, -0.2) is 0 Å². The van der Waals surface area contributed by atoms with E-state index in [9.17, 15) is 5.26 Å². The summed E-state index contributed by atoms with van der Waals surface area (Å²) < 4.78 is 0.779. The number of nitriles is 1. The minimum atomic E-state index is -0.313. The van der Waals surface area contributed by atoms with Crippen molar-refractivity contribution < 1.29 is 0 Å². The third kappa shape index (κ3) is 3.51. The molecule has 1 fully saturated rings. The Bertz CT molecular complexity index is 473. The maximum atomic E-state index is 9.62. The summed E-state index contributed by atoms with van der Waals surface area (Å²) in [6.45, 7) is 9.88. The first kappa shape index (κ1) is 14.8. The van der Waals surface area contributed by atoms with E-state index < -0.39 is 0 Å². The van der Waals surface area contributed by atoms with Crippen molar-refractivity contribution in [1.82, 2.24) is 4.90 Å². The van der Waals surface area contributed by atoms with E-state index in [0.29, 0.717) is 5.41 Å². The van der Waals surface area contributed by atoms with Gasteiger partial charge < -0.3 is 4.90 Å². The molecule has 4 heteroatoms. The molecular weight excluding hydrogens is 276 g/mol. The first-order valence-electron chi connectivity index (χ1n) is 6.74. The number of rotatable bonds is 2. The van der Waals surface area contributed by atoms with Crippen LogP contribution in [0.2, 0.25) is 4.34 Å². The molecule has 2 rings (SSSR count). The number of piperidine rings is 1. The predicted octanol–water partition coefficient (Wildman–Crippen LogP) is 4.30. The van der Waals surface area contributed by atoms with E-state index in [1.54, 1.807) is 11.3 Å². The molecule has 19 heavy (non-hydrogen) atoms. The second-order valence-electron chi connectivity index (χ2n) is 6.63. The van der Waals surface area contributed by atoms with E-state index in [2.05, 4.69) is 31.7 Å². The van der Waals surface area contributed by atoms with Crippen LogP contribution in [-0.4, -0.2) is 24.5 Å². The third-order valence-electron chi connectivity index (χ3n) is 3.67. The smallest absolute Gasteiger partial charge is 0.0939 e. The highest BCUT2D eigenvalue weighted by Gasteiger charge is 2.38. The molecule has 0 radical (unpaired) electrons. The van der Waals surface area contributed by atoms with Crippen molar-refractivity contribution in [3.05, 3.63) is 21.3 Å². The Hall–Kier alpha value is -0.560. The van der Waals surface area contributed by atoms with Crippen molar-refractivity contribution in [3.63, 3.8) is 0 Å². The zero-order chi connectivity index (χ0) is 14.1. The molecule has 2 heterocycles. The number of nitrogens with zero attached hydrogens (tertiary/aromatic N) is 2. The highest BCUT2D eigenvalue weighted by molar-refractivity contribution is 7.16. The zero-order valence-electron chi connectivity index (χ0n) is 11.9. The number of hydrogen-bond donors (Lipinski definition) is 0. The van der Waals surface area contributed by atoms with E-state index in [1.807, 2.05) is 12.1 Å². The third-order valence-corrected chi connectivity index (χ3v) is 5.10. The topological polar surface area (TPSA) is 27.0 Å². The minimum Gasteiger partial charge on any atom is -0.303 e. The Labute approximate surface area is 125 Å². The van der Waals surface area contributed by atoms with Gasteiger partial charge in [0.15, 0.2) is 0 Å². The summed E-state index contributed by atoms with van der Waals surface area (Å²) in [5.74, 6) is 0. The normalized spacial score (nSPS) is 20.2. The second-order valence-corrected chi connectivity index (χ2v) is 8.35. The van der Waals surface area contributed by atoms with Crippen molar-refractivity contribution in [2.24, 2.45) is 5.41 Å². The molecule has 0 aliphatic carbocycles. The molecule has 104 valence electrons. The van der Waals surface area contributed by atoms with Crippen LogP contribution in [0.5, 0.6) is 0 Å². The van der Waals surface area contributed by atoms with Crippen molar-refractivity contribution in [1.29, 1.82) is 5.26 Å². The summed E-state index contributed by atoms with van der Waals surface area (Å²) in [6.07, 6.45) is 1.83. The van der Waals surface area contributed by atoms with Crippen LogP contribution in [0.25, 0.3) is 0 Å². The average molecular weight is 297 g/mol. The molecule has 1 saturated heterocycles. The lowest BCUT2D eigenvalue weighted by molar-refractivity contribution is 0.138. The van der Waals surface area contributed by atoms with Gasteiger partial charge in [-0.3, -0.25) is 0 Å². The fourth-order valence-corrected chi connectivity index (χ4v) is 3.99. The summed E-state index contributed by atoms with van der Waals surface area (Å²) in [5.41, 5.74) is 0.00503. The monoisotopic (exact) mass is 296 g/mol. The lowest BCUT2D eigenvalue weighted by Crippen LogP contribution is -2.44. The standard InChI is InChI=1S/C15H21ClN2S/c1-14(2,3)11-18-8-6-15(10-17,7-9-18)12-4-5-13(16)19-12/h4-5H,6-9,11H2,1-3H3. The van der Waals surface area contributed by atoms with Gasteiger partial charge in [0, 0.05) is 24.5 Å². The van der Waals surface area contributed by atoms with Gasteiger partial charge >= 0.3 is 0 Å². The summed E-state index contributed by atoms with van der Waals surface area (Å²) in [4.78, 5) is 3.61.